The van der Waals surface area contributed by atoms with E-state index >= 15 is 0 Å². The summed E-state index contributed by atoms with van der Waals surface area (Å²) < 4.78 is 9.26. The fourth-order valence-electron chi connectivity index (χ4n) is 3.64. The maximum atomic E-state index is 11.0. The summed E-state index contributed by atoms with van der Waals surface area (Å²) in [6.45, 7) is 7.80. The monoisotopic (exact) mass is 535 g/mol. The van der Waals surface area contributed by atoms with Gasteiger partial charge in [0, 0.05) is 0 Å². The fourth-order valence-corrected chi connectivity index (χ4v) is 7.00. The van der Waals surface area contributed by atoms with E-state index in [4.69, 9.17) is 4.74 Å². The van der Waals surface area contributed by atoms with Crippen molar-refractivity contribution >= 4 is 15.9 Å². The molecule has 0 radical (unpaired) electrons. The molecule has 0 aromatic heterocycles. The van der Waals surface area contributed by atoms with Gasteiger partial charge >= 0.3 is 174 Å². The molecular formula is C18H37BrIN2O3-. The number of ether oxygens (including phenoxy) is 1. The molecule has 1 saturated carbocycles. The number of nitrogens with one attached hydrogen (secondary N) is 1. The Balaban J connectivity index is 2.34. The van der Waals surface area contributed by atoms with Crippen molar-refractivity contribution in [3.05, 3.63) is 0 Å². The molecular weight excluding hydrogens is 499 g/mol. The number of aliphatic hydroxyl groups excluding tert-OH is 1. The second kappa shape index (κ2) is 11.8. The van der Waals surface area contributed by atoms with E-state index in [9.17, 15) is 10.2 Å². The average molecular weight is 536 g/mol. The molecule has 7 heteroatoms. The molecule has 0 spiro atoms. The van der Waals surface area contributed by atoms with Gasteiger partial charge in [0.1, 0.15) is 0 Å². The Labute approximate surface area is 173 Å². The molecule has 0 aromatic carbocycles. The Morgan fingerprint density at radius 2 is 1.96 bits per heavy atom. The number of rotatable bonds is 11. The molecule has 0 saturated heterocycles. The van der Waals surface area contributed by atoms with Crippen LogP contribution in [0.2, 0.25) is 0 Å². The van der Waals surface area contributed by atoms with E-state index < -0.39 is 11.8 Å². The van der Waals surface area contributed by atoms with Crippen molar-refractivity contribution in [1.29, 1.82) is 0 Å². The van der Waals surface area contributed by atoms with E-state index in [1.54, 1.807) is 7.11 Å². The molecule has 1 aliphatic carbocycles. The second-order valence-electron chi connectivity index (χ2n) is 7.84. The minimum atomic E-state index is -0.761. The van der Waals surface area contributed by atoms with Crippen LogP contribution in [0.3, 0.4) is 0 Å². The average Bonchev–Trinajstić information content (AvgIpc) is 2.50. The Hall–Kier alpha value is 1.01. The molecule has 5 nitrogen and oxygen atoms in total. The number of nitrogens with zero attached hydrogens (tertiary/aromatic N) is 1. The van der Waals surface area contributed by atoms with Crippen LogP contribution in [-0.4, -0.2) is 63.6 Å². The van der Waals surface area contributed by atoms with Crippen molar-refractivity contribution in [1.82, 2.24) is 8.43 Å². The van der Waals surface area contributed by atoms with Crippen LogP contribution in [-0.2, 0) is 4.74 Å². The van der Waals surface area contributed by atoms with Gasteiger partial charge in [-0.3, -0.25) is 0 Å². The topological polar surface area (TPSA) is 65.0 Å². The number of hydrogen-bond donors (Lipinski definition) is 3. The summed E-state index contributed by atoms with van der Waals surface area (Å²) in [6, 6.07) is 0. The molecule has 0 heterocycles. The van der Waals surface area contributed by atoms with Crippen LogP contribution >= 0.6 is 15.9 Å². The van der Waals surface area contributed by atoms with Crippen molar-refractivity contribution in [2.45, 2.75) is 63.1 Å². The molecule has 1 aliphatic rings. The fraction of sp³-hybridized carbons (Fsp3) is 1.00. The molecule has 1 rings (SSSR count). The second-order valence-corrected chi connectivity index (χ2v) is 11.3. The summed E-state index contributed by atoms with van der Waals surface area (Å²) in [5.41, 5.74) is -0.761. The van der Waals surface area contributed by atoms with Gasteiger partial charge in [-0.05, 0) is 0 Å². The van der Waals surface area contributed by atoms with Crippen LogP contribution < -0.4 is 25.0 Å². The third-order valence-corrected chi connectivity index (χ3v) is 8.62. The van der Waals surface area contributed by atoms with Gasteiger partial charge in [0.05, 0.1) is 0 Å². The van der Waals surface area contributed by atoms with E-state index in [2.05, 4.69) is 38.2 Å². The first-order valence-corrected chi connectivity index (χ1v) is 12.7. The number of alkyl halides is 2. The zero-order chi connectivity index (χ0) is 19.0. The molecule has 0 aliphatic heterocycles. The van der Waals surface area contributed by atoms with E-state index in [0.717, 1.165) is 17.5 Å². The van der Waals surface area contributed by atoms with Crippen LogP contribution in [0.4, 0.5) is 0 Å². The normalized spacial score (nSPS) is 31.2. The van der Waals surface area contributed by atoms with Gasteiger partial charge in [-0.15, -0.1) is 0 Å². The quantitative estimate of drug-likeness (QED) is 0.0824. The predicted molar refractivity (Wildman–Crippen MR) is 102 cm³/mol. The molecule has 25 heavy (non-hydrogen) atoms. The van der Waals surface area contributed by atoms with E-state index in [-0.39, 0.29) is 21.5 Å². The summed E-state index contributed by atoms with van der Waals surface area (Å²) in [7, 11) is 3.62. The SMILES string of the molecule is COC[C@@H](O)CCN[I-]CN(C)[C@](C)(O)CC1[C@H](C)CC(Br)C[C@@H]1C. The van der Waals surface area contributed by atoms with Gasteiger partial charge in [-0.2, -0.15) is 0 Å². The third-order valence-electron chi connectivity index (χ3n) is 5.43. The first kappa shape index (κ1) is 24.0. The van der Waals surface area contributed by atoms with E-state index in [1.165, 1.54) is 12.8 Å². The molecule has 6 atom stereocenters. The summed E-state index contributed by atoms with van der Waals surface area (Å²) in [5.74, 6) is 1.85. The van der Waals surface area contributed by atoms with Crippen molar-refractivity contribution < 1.29 is 36.4 Å². The zero-order valence-corrected chi connectivity index (χ0v) is 20.1. The van der Waals surface area contributed by atoms with Gasteiger partial charge in [0.2, 0.25) is 0 Å². The molecule has 152 valence electrons. The van der Waals surface area contributed by atoms with E-state index in [1.807, 2.05) is 14.0 Å². The van der Waals surface area contributed by atoms with Crippen LogP contribution in [0.25, 0.3) is 0 Å². The number of methoxy groups -OCH3 is 1. The van der Waals surface area contributed by atoms with Crippen molar-refractivity contribution in [2.24, 2.45) is 17.8 Å². The Morgan fingerprint density at radius 1 is 1.36 bits per heavy atom. The molecule has 3 N–H and O–H groups in total. The standard InChI is InChI=1S/C18H37BrIN2O3/c1-13-8-15(19)9-14(2)17(13)10-18(3,24)22(4)12-20-21-7-6-16(23)11-25-5/h13-17,21,23-24H,6-12H2,1-5H3/q-1/t13-,14+,15?,16-,17?,18+/m0/s1. The first-order valence-electron chi connectivity index (χ1n) is 9.23. The molecule has 1 fully saturated rings. The van der Waals surface area contributed by atoms with Crippen molar-refractivity contribution in [3.8, 4) is 0 Å². The van der Waals surface area contributed by atoms with E-state index in [0.29, 0.717) is 35.6 Å². The van der Waals surface area contributed by atoms with Crippen LogP contribution in [0, 0.1) is 17.8 Å². The minimum absolute atomic E-state index is 0.221. The molecule has 2 unspecified atom stereocenters. The summed E-state index contributed by atoms with van der Waals surface area (Å²) >= 11 is 3.55. The number of hydrogen-bond acceptors (Lipinski definition) is 5. The Kier molecular flexibility index (Phi) is 11.3. The molecule has 0 aromatic rings. The first-order chi connectivity index (χ1) is 11.7. The summed E-state index contributed by atoms with van der Waals surface area (Å²) in [4.78, 5) is 2.72. The zero-order valence-electron chi connectivity index (χ0n) is 16.3. The van der Waals surface area contributed by atoms with Crippen LogP contribution in [0.1, 0.15) is 46.5 Å². The summed E-state index contributed by atoms with van der Waals surface area (Å²) in [5, 5.41) is 20.6. The third kappa shape index (κ3) is 8.70. The van der Waals surface area contributed by atoms with Crippen LogP contribution in [0.5, 0.6) is 0 Å². The molecule has 0 amide bonds. The Bertz CT molecular complexity index is 364. The summed E-state index contributed by atoms with van der Waals surface area (Å²) in [6.07, 6.45) is 3.55. The van der Waals surface area contributed by atoms with Gasteiger partial charge < -0.3 is 0 Å². The van der Waals surface area contributed by atoms with Crippen LogP contribution in [0.15, 0.2) is 0 Å². The van der Waals surface area contributed by atoms with Crippen molar-refractivity contribution in [3.63, 3.8) is 0 Å². The van der Waals surface area contributed by atoms with Gasteiger partial charge in [0.15, 0.2) is 0 Å². The number of aliphatic hydroxyl groups is 2. The van der Waals surface area contributed by atoms with Crippen molar-refractivity contribution in [2.75, 3.05) is 31.9 Å². The predicted octanol–water partition coefficient (Wildman–Crippen LogP) is -0.589. The van der Waals surface area contributed by atoms with Gasteiger partial charge in [-0.25, -0.2) is 0 Å². The van der Waals surface area contributed by atoms with Gasteiger partial charge in [-0.1, -0.05) is 0 Å². The molecule has 0 bridgehead atoms. The number of halogens is 2. The van der Waals surface area contributed by atoms with Gasteiger partial charge in [0.25, 0.3) is 0 Å². The Morgan fingerprint density at radius 3 is 2.52 bits per heavy atom. The maximum absolute atomic E-state index is 11.0.